The van der Waals surface area contributed by atoms with Crippen molar-refractivity contribution in [2.45, 2.75) is 338 Å². The molecule has 0 saturated carbocycles. The van der Waals surface area contributed by atoms with Crippen molar-refractivity contribution in [3.8, 4) is 0 Å². The molecular weight excluding hydrogens is 1870 g/mol. The lowest BCUT2D eigenvalue weighted by Gasteiger charge is -2.28. The topological polar surface area (TPSA) is 832 Å². The molecule has 0 fully saturated rings. The minimum atomic E-state index is -2.07. The third kappa shape index (κ3) is 52.1. The van der Waals surface area contributed by atoms with Gasteiger partial charge in [0.25, 0.3) is 0 Å². The molecule has 0 aliphatic carbocycles. The molecule has 0 aliphatic rings. The van der Waals surface area contributed by atoms with E-state index in [1.54, 1.807) is 74.5 Å². The Labute approximate surface area is 831 Å². The Balaban J connectivity index is 2.48. The highest BCUT2D eigenvalue weighted by Gasteiger charge is 2.40. The van der Waals surface area contributed by atoms with Gasteiger partial charge in [-0.1, -0.05) is 179 Å². The standard InChI is InChI=1S/C94H153N23O26/c1-7-9-10-11-12-13-14-15-16-17-18-19-26-38-73(122)104-67(50-75(125)126)90(140)116-77(54(3)4)93(143)113-65(48-57-31-22-20-23-32-57)87(137)108-63(40-43-72(98)121)86(136)115-70(53-119)92(142)110-64(41-44-74(123)124)84(134)105-59(35-27-28-45-95)81(131)106-60(36-29-46-96)82(132)107-61(37-30-47-102-94(100)101)83(133)114-69(52-118)91(141)103-56(6)80(130)111-68(51-76(127)128)88(138)109-62(39-42-71(97)120)85(135)112-66(49-58-33-24-21-25-34-58)89(139)117-78(79(99)129)55(5)8-2/h20-25,31-34,54-56,59-70,77-78,118-119H,7-19,26-30,35-53,95-96H2,1-6H3,(H2,97,120)(H2,98,121)(H2,99,129)(H,103,141)(H,104,122)(H,105,134)(H,106,131)(H,107,132)(H,108,137)(H,109,138)(H,110,142)(H,111,130)(H,112,135)(H,113,143)(H,114,133)(H,115,136)(H,116,140)(H,117,139)(H,123,124)(H,125,126)(H,127,128)(H4,100,101,102)/t55-,56-,59-,60-,61-,62-,63-,64-,65-,66-,67-,68-,69-,70-,77-,78-/m0/s1. The number of aliphatic hydroxyl groups is 2. The van der Waals surface area contributed by atoms with Crippen molar-refractivity contribution in [2.24, 2.45) is 46.2 Å². The molecule has 34 N–H and O–H groups in total. The summed E-state index contributed by atoms with van der Waals surface area (Å²) in [7, 11) is 0. The molecule has 0 aromatic heterocycles. The smallest absolute Gasteiger partial charge is 0.305 e. The van der Waals surface area contributed by atoms with Crippen molar-refractivity contribution in [1.82, 2.24) is 85.1 Å². The van der Waals surface area contributed by atoms with Gasteiger partial charge in [0.1, 0.15) is 90.6 Å². The second-order valence-electron chi connectivity index (χ2n) is 35.6. The molecule has 2 rings (SSSR count). The quantitative estimate of drug-likeness (QED) is 0.0170. The molecular formula is C94H153N23O26. The summed E-state index contributed by atoms with van der Waals surface area (Å²) in [5, 5.41) is 96.9. The molecule has 0 unspecified atom stereocenters. The third-order valence-electron chi connectivity index (χ3n) is 23.3. The largest absolute Gasteiger partial charge is 0.481 e. The van der Waals surface area contributed by atoms with E-state index in [1.165, 1.54) is 52.4 Å². The SMILES string of the molecule is CCCCCCCCCCCCCCCC(=O)N[C@@H](CC(=O)O)C(=O)N[C@H](C(=O)N[C@@H](Cc1ccccc1)C(=O)N[C@@H](CCC(N)=O)C(=O)N[C@@H](CO)C(=O)N[C@@H](CCC(=O)O)C(=O)N[C@@H](CCCCN)C(=O)N[C@@H](CCCN)C(=O)N[C@@H](CCCNC(=N)N)C(=O)N[C@@H](CO)C(=O)N[C@@H](C)C(=O)N[C@@H](CC(=O)O)C(=O)N[C@@H](CCC(N)=O)C(=O)N[C@@H](Cc1ccccc1)C(=O)N[C@H](C(N)=O)[C@@H](C)CC)C(C)C. The van der Waals surface area contributed by atoms with Crippen LogP contribution in [0.2, 0.25) is 0 Å². The average molecular weight is 2020 g/mol. The number of amides is 18. The van der Waals surface area contributed by atoms with Gasteiger partial charge in [-0.3, -0.25) is 106 Å². The monoisotopic (exact) mass is 2020 g/mol. The Hall–Kier alpha value is -13.6. The summed E-state index contributed by atoms with van der Waals surface area (Å²) in [5.41, 5.74) is 34.7. The van der Waals surface area contributed by atoms with Gasteiger partial charge in [-0.2, -0.15) is 0 Å². The van der Waals surface area contributed by atoms with E-state index < -0.39 is 297 Å². The first kappa shape index (κ1) is 125. The van der Waals surface area contributed by atoms with Gasteiger partial charge < -0.3 is 145 Å². The number of nitrogens with one attached hydrogen (secondary N) is 17. The number of nitrogens with two attached hydrogens (primary N) is 6. The highest BCUT2D eigenvalue weighted by atomic mass is 16.4. The van der Waals surface area contributed by atoms with E-state index in [1.807, 2.05) is 0 Å². The summed E-state index contributed by atoms with van der Waals surface area (Å²) in [5.74, 6) is -26.1. The summed E-state index contributed by atoms with van der Waals surface area (Å²) in [6.07, 6.45) is 6.98. The summed E-state index contributed by atoms with van der Waals surface area (Å²) >= 11 is 0. The summed E-state index contributed by atoms with van der Waals surface area (Å²) < 4.78 is 0. The maximum atomic E-state index is 14.6. The molecule has 2 aromatic carbocycles. The van der Waals surface area contributed by atoms with Crippen LogP contribution in [0.3, 0.4) is 0 Å². The Morgan fingerprint density at radius 3 is 1.01 bits per heavy atom. The van der Waals surface area contributed by atoms with E-state index in [4.69, 9.17) is 39.8 Å². The predicted octanol–water partition coefficient (Wildman–Crippen LogP) is -4.11. The van der Waals surface area contributed by atoms with Gasteiger partial charge in [0.2, 0.25) is 106 Å². The number of carboxylic acid groups (broad SMARTS) is 3. The van der Waals surface area contributed by atoms with Gasteiger partial charge >= 0.3 is 17.9 Å². The third-order valence-corrected chi connectivity index (χ3v) is 23.3. The Bertz CT molecular complexity index is 4460. The molecule has 0 aliphatic heterocycles. The van der Waals surface area contributed by atoms with Crippen molar-refractivity contribution >= 4 is 130 Å². The molecule has 2 aromatic rings. The molecule has 0 spiro atoms. The van der Waals surface area contributed by atoms with E-state index in [0.717, 1.165) is 45.4 Å². The highest BCUT2D eigenvalue weighted by molar-refractivity contribution is 6.02. The van der Waals surface area contributed by atoms with E-state index in [9.17, 15) is 126 Å². The number of rotatable bonds is 77. The van der Waals surface area contributed by atoms with Gasteiger partial charge in [0, 0.05) is 45.1 Å². The van der Waals surface area contributed by atoms with Crippen molar-refractivity contribution < 1.29 is 126 Å². The second-order valence-corrected chi connectivity index (χ2v) is 35.6. The number of aliphatic carboxylic acids is 3. The lowest BCUT2D eigenvalue weighted by molar-refractivity contribution is -0.142. The fraction of sp³-hybridized carbons (Fsp3) is 0.638. The van der Waals surface area contributed by atoms with Crippen LogP contribution in [0.1, 0.15) is 245 Å². The highest BCUT2D eigenvalue weighted by Crippen LogP contribution is 2.18. The number of guanidine groups is 1. The van der Waals surface area contributed by atoms with Crippen LogP contribution in [-0.2, 0) is 114 Å². The Kier molecular flexibility index (Phi) is 61.5. The Morgan fingerprint density at radius 1 is 0.315 bits per heavy atom. The average Bonchev–Trinajstić information content (AvgIpc) is 0.854. The number of benzene rings is 2. The van der Waals surface area contributed by atoms with Crippen LogP contribution in [0.4, 0.5) is 0 Å². The summed E-state index contributed by atoms with van der Waals surface area (Å²) in [4.78, 5) is 286. The minimum absolute atomic E-state index is 0.00734. The van der Waals surface area contributed by atoms with Crippen LogP contribution in [-0.4, -0.2) is 279 Å². The van der Waals surface area contributed by atoms with Crippen molar-refractivity contribution in [3.05, 3.63) is 71.8 Å². The van der Waals surface area contributed by atoms with Crippen molar-refractivity contribution in [2.75, 3.05) is 32.8 Å². The number of hydrogen-bond acceptors (Lipinski definition) is 26. The van der Waals surface area contributed by atoms with Crippen LogP contribution >= 0.6 is 0 Å². The van der Waals surface area contributed by atoms with Crippen LogP contribution in [0.25, 0.3) is 0 Å². The lowest BCUT2D eigenvalue weighted by atomic mass is 9.97. The van der Waals surface area contributed by atoms with Gasteiger partial charge in [0.15, 0.2) is 5.96 Å². The van der Waals surface area contributed by atoms with Crippen molar-refractivity contribution in [3.63, 3.8) is 0 Å². The zero-order chi connectivity index (χ0) is 107. The number of primary amides is 3. The maximum Gasteiger partial charge on any atom is 0.305 e. The molecule has 0 saturated heterocycles. The van der Waals surface area contributed by atoms with E-state index in [0.29, 0.717) is 24.0 Å². The normalized spacial score (nSPS) is 14.4. The fourth-order valence-corrected chi connectivity index (χ4v) is 14.8. The van der Waals surface area contributed by atoms with Gasteiger partial charge in [-0.25, -0.2) is 0 Å². The van der Waals surface area contributed by atoms with Crippen LogP contribution < -0.4 is 119 Å². The first-order chi connectivity index (χ1) is 67.8. The second kappa shape index (κ2) is 70.1. The van der Waals surface area contributed by atoms with E-state index in [2.05, 4.69) is 92.0 Å². The summed E-state index contributed by atoms with van der Waals surface area (Å²) in [6, 6.07) is -9.61. The van der Waals surface area contributed by atoms with Crippen LogP contribution in [0.5, 0.6) is 0 Å². The fourth-order valence-electron chi connectivity index (χ4n) is 14.8. The van der Waals surface area contributed by atoms with E-state index >= 15 is 0 Å². The summed E-state index contributed by atoms with van der Waals surface area (Å²) in [6.45, 7) is 7.01. The molecule has 0 bridgehead atoms. The van der Waals surface area contributed by atoms with Gasteiger partial charge in [-0.15, -0.1) is 0 Å². The van der Waals surface area contributed by atoms with Crippen LogP contribution in [0, 0.1) is 17.2 Å². The molecule has 18 amide bonds. The zero-order valence-corrected chi connectivity index (χ0v) is 82.5. The number of aliphatic hydroxyl groups excluding tert-OH is 2. The lowest BCUT2D eigenvalue weighted by Crippen LogP contribution is -2.61. The molecule has 16 atom stereocenters. The molecule has 800 valence electrons. The van der Waals surface area contributed by atoms with Gasteiger partial charge in [0.05, 0.1) is 26.1 Å². The number of carboxylic acids is 3. The predicted molar refractivity (Wildman–Crippen MR) is 521 cm³/mol. The van der Waals surface area contributed by atoms with Gasteiger partial charge in [-0.05, 0) is 114 Å². The first-order valence-electron chi connectivity index (χ1n) is 48.7. The van der Waals surface area contributed by atoms with Crippen molar-refractivity contribution in [1.29, 1.82) is 5.41 Å². The minimum Gasteiger partial charge on any atom is -0.481 e. The zero-order valence-electron chi connectivity index (χ0n) is 82.5. The van der Waals surface area contributed by atoms with E-state index in [-0.39, 0.29) is 83.8 Å². The Morgan fingerprint density at radius 2 is 0.636 bits per heavy atom. The van der Waals surface area contributed by atoms with Crippen LogP contribution in [0.15, 0.2) is 60.7 Å². The molecule has 49 nitrogen and oxygen atoms in total. The molecule has 143 heavy (non-hydrogen) atoms. The number of hydrogen-bond donors (Lipinski definition) is 28. The maximum absolute atomic E-state index is 14.6. The molecule has 0 heterocycles. The number of unbranched alkanes of at least 4 members (excludes halogenated alkanes) is 13. The number of carbonyl (C=O) groups excluding carboxylic acids is 18. The molecule has 49 heteroatoms. The number of carbonyl (C=O) groups is 21. The first-order valence-corrected chi connectivity index (χ1v) is 48.7. The molecule has 0 radical (unpaired) electrons.